The van der Waals surface area contributed by atoms with Gasteiger partial charge >= 0.3 is 0 Å². The zero-order chi connectivity index (χ0) is 14.6. The predicted octanol–water partition coefficient (Wildman–Crippen LogP) is 5.63. The Labute approximate surface area is 128 Å². The van der Waals surface area contributed by atoms with Crippen LogP contribution >= 0.6 is 11.6 Å². The molecule has 110 valence electrons. The Hall–Kier alpha value is -0.790. The van der Waals surface area contributed by atoms with Crippen molar-refractivity contribution < 1.29 is 4.74 Å². The monoisotopic (exact) mass is 292 g/mol. The average Bonchev–Trinajstić information content (AvgIpc) is 3.02. The van der Waals surface area contributed by atoms with E-state index in [0.717, 1.165) is 23.1 Å². The van der Waals surface area contributed by atoms with Gasteiger partial charge in [-0.15, -0.1) is 0 Å². The van der Waals surface area contributed by atoms with Crippen LogP contribution in [0.5, 0.6) is 0 Å². The molecule has 2 rings (SSSR count). The lowest BCUT2D eigenvalue weighted by molar-refractivity contribution is 0.102. The van der Waals surface area contributed by atoms with E-state index in [9.17, 15) is 0 Å². The molecule has 0 aromatic heterocycles. The van der Waals surface area contributed by atoms with Crippen molar-refractivity contribution in [3.8, 4) is 0 Å². The van der Waals surface area contributed by atoms with Gasteiger partial charge in [0.15, 0.2) is 0 Å². The molecule has 1 aromatic carbocycles. The number of ether oxygens (including phenoxy) is 1. The van der Waals surface area contributed by atoms with Crippen LogP contribution in [-0.4, -0.2) is 6.61 Å². The van der Waals surface area contributed by atoms with Gasteiger partial charge in [-0.25, -0.2) is 0 Å². The van der Waals surface area contributed by atoms with E-state index in [4.69, 9.17) is 16.3 Å². The van der Waals surface area contributed by atoms with Crippen LogP contribution in [-0.2, 0) is 11.3 Å². The van der Waals surface area contributed by atoms with Gasteiger partial charge in [0.1, 0.15) is 0 Å². The molecular formula is C18H25ClO. The third kappa shape index (κ3) is 4.36. The summed E-state index contributed by atoms with van der Waals surface area (Å²) in [6.07, 6.45) is 6.11. The highest BCUT2D eigenvalue weighted by atomic mass is 35.5. The van der Waals surface area contributed by atoms with E-state index in [1.54, 1.807) is 0 Å². The second-order valence-corrected chi connectivity index (χ2v) is 6.89. The summed E-state index contributed by atoms with van der Waals surface area (Å²) < 4.78 is 5.85. The van der Waals surface area contributed by atoms with Crippen molar-refractivity contribution in [3.63, 3.8) is 0 Å². The highest BCUT2D eigenvalue weighted by Gasteiger charge is 2.48. The van der Waals surface area contributed by atoms with Crippen LogP contribution in [0.25, 0.3) is 0 Å². The topological polar surface area (TPSA) is 9.23 Å². The normalized spacial score (nSPS) is 24.5. The summed E-state index contributed by atoms with van der Waals surface area (Å²) in [5, 5.41) is 0.801. The maximum Gasteiger partial charge on any atom is 0.0731 e. The Morgan fingerprint density at radius 1 is 1.40 bits per heavy atom. The molecule has 1 fully saturated rings. The molecule has 0 heterocycles. The third-order valence-corrected chi connectivity index (χ3v) is 4.71. The van der Waals surface area contributed by atoms with Crippen molar-refractivity contribution in [1.82, 2.24) is 0 Å². The molecule has 0 aliphatic heterocycles. The maximum absolute atomic E-state index is 6.12. The number of halogens is 1. The molecule has 0 N–H and O–H groups in total. The number of benzene rings is 1. The highest BCUT2D eigenvalue weighted by molar-refractivity contribution is 6.31. The molecule has 1 aliphatic rings. The van der Waals surface area contributed by atoms with Crippen LogP contribution in [0, 0.1) is 11.3 Å². The Morgan fingerprint density at radius 3 is 2.85 bits per heavy atom. The molecule has 0 amide bonds. The molecule has 1 aromatic rings. The van der Waals surface area contributed by atoms with Crippen LogP contribution in [0.15, 0.2) is 35.9 Å². The fourth-order valence-corrected chi connectivity index (χ4v) is 2.88. The molecule has 1 aliphatic carbocycles. The molecule has 2 heteroatoms. The van der Waals surface area contributed by atoms with Crippen LogP contribution in [0.2, 0.25) is 5.02 Å². The van der Waals surface area contributed by atoms with E-state index in [0.29, 0.717) is 12.0 Å². The molecular weight excluding hydrogens is 268 g/mol. The molecule has 0 bridgehead atoms. The van der Waals surface area contributed by atoms with E-state index in [1.807, 2.05) is 24.3 Å². The van der Waals surface area contributed by atoms with Crippen molar-refractivity contribution in [3.05, 3.63) is 46.5 Å². The molecule has 0 radical (unpaired) electrons. The lowest BCUT2D eigenvalue weighted by Crippen LogP contribution is -2.05. The van der Waals surface area contributed by atoms with Crippen molar-refractivity contribution in [2.75, 3.05) is 6.61 Å². The fourth-order valence-electron chi connectivity index (χ4n) is 2.69. The molecule has 0 spiro atoms. The van der Waals surface area contributed by atoms with Crippen molar-refractivity contribution >= 4 is 11.6 Å². The Balaban J connectivity index is 1.69. The Morgan fingerprint density at radius 2 is 2.15 bits per heavy atom. The molecule has 1 saturated carbocycles. The quantitative estimate of drug-likeness (QED) is 0.592. The average molecular weight is 293 g/mol. The fraction of sp³-hybridized carbons (Fsp3) is 0.556. The van der Waals surface area contributed by atoms with Gasteiger partial charge in [0, 0.05) is 5.02 Å². The summed E-state index contributed by atoms with van der Waals surface area (Å²) in [6.45, 7) is 8.20. The summed E-state index contributed by atoms with van der Waals surface area (Å²) in [5.41, 5.74) is 2.99. The van der Waals surface area contributed by atoms with Gasteiger partial charge < -0.3 is 4.74 Å². The molecule has 20 heavy (non-hydrogen) atoms. The summed E-state index contributed by atoms with van der Waals surface area (Å²) >= 11 is 6.12. The van der Waals surface area contributed by atoms with Crippen LogP contribution in [0.1, 0.15) is 45.6 Å². The first-order valence-corrected chi connectivity index (χ1v) is 7.83. The smallest absolute Gasteiger partial charge is 0.0731 e. The second kappa shape index (κ2) is 6.78. The van der Waals surface area contributed by atoms with Gasteiger partial charge in [0.05, 0.1) is 13.2 Å². The zero-order valence-corrected chi connectivity index (χ0v) is 13.5. The molecule has 1 nitrogen and oxygen atoms in total. The SMILES string of the molecule is CC(C)=CCCC1(C)CC1COCc1ccccc1Cl. The standard InChI is InChI=1S/C18H25ClO/c1-14(2)7-6-10-18(3)11-16(18)13-20-12-15-8-4-5-9-17(15)19/h4-5,7-9,16H,6,10-13H2,1-3H3. The molecule has 2 atom stereocenters. The van der Waals surface area contributed by atoms with Crippen LogP contribution < -0.4 is 0 Å². The number of allylic oxidation sites excluding steroid dienone is 2. The van der Waals surface area contributed by atoms with Gasteiger partial charge in [0.2, 0.25) is 0 Å². The van der Waals surface area contributed by atoms with Crippen molar-refractivity contribution in [1.29, 1.82) is 0 Å². The maximum atomic E-state index is 6.12. The van der Waals surface area contributed by atoms with Crippen molar-refractivity contribution in [2.24, 2.45) is 11.3 Å². The predicted molar refractivity (Wildman–Crippen MR) is 86.0 cm³/mol. The Bertz CT molecular complexity index is 476. The number of hydrogen-bond donors (Lipinski definition) is 0. The first-order chi connectivity index (χ1) is 9.51. The van der Waals surface area contributed by atoms with Gasteiger partial charge in [-0.3, -0.25) is 0 Å². The minimum absolute atomic E-state index is 0.492. The first kappa shape index (κ1) is 15.6. The number of hydrogen-bond acceptors (Lipinski definition) is 1. The summed E-state index contributed by atoms with van der Waals surface area (Å²) in [4.78, 5) is 0. The summed E-state index contributed by atoms with van der Waals surface area (Å²) in [6, 6.07) is 7.91. The van der Waals surface area contributed by atoms with E-state index in [2.05, 4.69) is 26.8 Å². The molecule has 2 unspecified atom stereocenters. The molecule has 0 saturated heterocycles. The van der Waals surface area contributed by atoms with Gasteiger partial charge in [0.25, 0.3) is 0 Å². The zero-order valence-electron chi connectivity index (χ0n) is 12.8. The minimum Gasteiger partial charge on any atom is -0.376 e. The first-order valence-electron chi connectivity index (χ1n) is 7.46. The van der Waals surface area contributed by atoms with E-state index >= 15 is 0 Å². The Kier molecular flexibility index (Phi) is 5.29. The lowest BCUT2D eigenvalue weighted by Gasteiger charge is -2.11. The number of rotatable bonds is 7. The lowest BCUT2D eigenvalue weighted by atomic mass is 9.99. The van der Waals surface area contributed by atoms with Gasteiger partial charge in [-0.05, 0) is 56.1 Å². The highest BCUT2D eigenvalue weighted by Crippen LogP contribution is 2.55. The van der Waals surface area contributed by atoms with Crippen molar-refractivity contribution in [2.45, 2.75) is 46.6 Å². The van der Waals surface area contributed by atoms with Gasteiger partial charge in [-0.1, -0.05) is 48.4 Å². The van der Waals surface area contributed by atoms with Crippen LogP contribution in [0.4, 0.5) is 0 Å². The summed E-state index contributed by atoms with van der Waals surface area (Å²) in [7, 11) is 0. The third-order valence-electron chi connectivity index (χ3n) is 4.34. The summed E-state index contributed by atoms with van der Waals surface area (Å²) in [5.74, 6) is 0.718. The van der Waals surface area contributed by atoms with E-state index in [1.165, 1.54) is 24.8 Å². The van der Waals surface area contributed by atoms with Gasteiger partial charge in [-0.2, -0.15) is 0 Å². The van der Waals surface area contributed by atoms with E-state index < -0.39 is 0 Å². The van der Waals surface area contributed by atoms with Crippen LogP contribution in [0.3, 0.4) is 0 Å². The van der Waals surface area contributed by atoms with E-state index in [-0.39, 0.29) is 0 Å². The second-order valence-electron chi connectivity index (χ2n) is 6.48. The largest absolute Gasteiger partial charge is 0.376 e. The minimum atomic E-state index is 0.492.